The third kappa shape index (κ3) is 4.46. The van der Waals surface area contributed by atoms with Crippen molar-refractivity contribution in [3.63, 3.8) is 0 Å². The van der Waals surface area contributed by atoms with Gasteiger partial charge in [0.25, 0.3) is 0 Å². The molecule has 0 unspecified atom stereocenters. The Balaban J connectivity index is 1.96. The van der Waals surface area contributed by atoms with Crippen LogP contribution in [0.5, 0.6) is 5.75 Å². The number of rotatable bonds is 5. The minimum atomic E-state index is -0.215. The van der Waals surface area contributed by atoms with Gasteiger partial charge in [-0.3, -0.25) is 4.79 Å². The van der Waals surface area contributed by atoms with E-state index in [1.54, 1.807) is 12.3 Å². The van der Waals surface area contributed by atoms with E-state index in [-0.39, 0.29) is 5.91 Å². The van der Waals surface area contributed by atoms with Crippen LogP contribution in [0.4, 0.5) is 0 Å². The second-order valence-corrected chi connectivity index (χ2v) is 4.55. The molecule has 0 atom stereocenters. The summed E-state index contributed by atoms with van der Waals surface area (Å²) >= 11 is 0. The Morgan fingerprint density at radius 1 is 1.27 bits per heavy atom. The largest absolute Gasteiger partial charge is 0.489 e. The summed E-state index contributed by atoms with van der Waals surface area (Å²) in [6.07, 6.45) is 1.55. The van der Waals surface area contributed by atoms with Gasteiger partial charge in [-0.15, -0.1) is 0 Å². The lowest BCUT2D eigenvalue weighted by Crippen LogP contribution is -2.12. The van der Waals surface area contributed by atoms with Crippen LogP contribution in [-0.2, 0) is 11.4 Å². The van der Waals surface area contributed by atoms with E-state index < -0.39 is 0 Å². The number of nitrogens with zero attached hydrogens (tertiary/aromatic N) is 2. The Kier molecular flexibility index (Phi) is 5.27. The van der Waals surface area contributed by atoms with Crippen molar-refractivity contribution in [2.45, 2.75) is 13.5 Å². The summed E-state index contributed by atoms with van der Waals surface area (Å²) in [5.74, 6) is 0.483. The summed E-state index contributed by atoms with van der Waals surface area (Å²) < 4.78 is 5.67. The quantitative estimate of drug-likeness (QED) is 0.680. The second-order valence-electron chi connectivity index (χ2n) is 4.55. The molecule has 0 saturated heterocycles. The van der Waals surface area contributed by atoms with E-state index in [4.69, 9.17) is 10.00 Å². The maximum absolute atomic E-state index is 10.7. The lowest BCUT2D eigenvalue weighted by Gasteiger charge is -2.07. The Morgan fingerprint density at radius 2 is 2.00 bits per heavy atom. The van der Waals surface area contributed by atoms with E-state index >= 15 is 0 Å². The molecule has 5 heteroatoms. The number of benzene rings is 2. The van der Waals surface area contributed by atoms with Crippen molar-refractivity contribution in [2.24, 2.45) is 5.10 Å². The summed E-state index contributed by atoms with van der Waals surface area (Å²) in [6, 6.07) is 16.8. The molecular formula is C17H15N3O2. The molecule has 0 aliphatic rings. The average molecular weight is 293 g/mol. The Labute approximate surface area is 128 Å². The highest BCUT2D eigenvalue weighted by molar-refractivity contribution is 5.81. The fourth-order valence-corrected chi connectivity index (χ4v) is 1.76. The molecule has 0 aliphatic heterocycles. The number of ether oxygens (including phenoxy) is 1. The monoisotopic (exact) mass is 293 g/mol. The first-order valence-corrected chi connectivity index (χ1v) is 6.69. The topological polar surface area (TPSA) is 74.5 Å². The van der Waals surface area contributed by atoms with Gasteiger partial charge in [-0.05, 0) is 35.9 Å². The van der Waals surface area contributed by atoms with Gasteiger partial charge < -0.3 is 4.74 Å². The van der Waals surface area contributed by atoms with Crippen LogP contribution in [0.1, 0.15) is 23.6 Å². The van der Waals surface area contributed by atoms with Crippen LogP contribution in [0.3, 0.4) is 0 Å². The number of nitriles is 1. The number of hydrogen-bond donors (Lipinski definition) is 1. The third-order valence-electron chi connectivity index (χ3n) is 2.85. The van der Waals surface area contributed by atoms with Crippen molar-refractivity contribution in [1.29, 1.82) is 5.26 Å². The van der Waals surface area contributed by atoms with Gasteiger partial charge in [-0.1, -0.05) is 18.2 Å². The molecule has 110 valence electrons. The van der Waals surface area contributed by atoms with Crippen molar-refractivity contribution in [1.82, 2.24) is 5.43 Å². The molecule has 2 aromatic carbocycles. The minimum Gasteiger partial charge on any atom is -0.489 e. The van der Waals surface area contributed by atoms with Gasteiger partial charge in [0.15, 0.2) is 0 Å². The summed E-state index contributed by atoms with van der Waals surface area (Å²) in [7, 11) is 0. The maximum Gasteiger partial charge on any atom is 0.236 e. The molecule has 2 rings (SSSR count). The molecule has 2 aromatic rings. The molecule has 0 saturated carbocycles. The first-order chi connectivity index (χ1) is 10.7. The summed E-state index contributed by atoms with van der Waals surface area (Å²) in [5, 5.41) is 12.8. The lowest BCUT2D eigenvalue weighted by molar-refractivity contribution is -0.118. The van der Waals surface area contributed by atoms with Crippen LogP contribution in [0.15, 0.2) is 53.6 Å². The molecular weight excluding hydrogens is 278 g/mol. The van der Waals surface area contributed by atoms with Gasteiger partial charge in [-0.2, -0.15) is 10.4 Å². The average Bonchev–Trinajstić information content (AvgIpc) is 2.54. The van der Waals surface area contributed by atoms with Crippen molar-refractivity contribution < 1.29 is 9.53 Å². The van der Waals surface area contributed by atoms with Gasteiger partial charge in [-0.25, -0.2) is 5.43 Å². The first kappa shape index (κ1) is 15.3. The smallest absolute Gasteiger partial charge is 0.236 e. The molecule has 0 fully saturated rings. The predicted octanol–water partition coefficient (Wildman–Crippen LogP) is 2.61. The fourth-order valence-electron chi connectivity index (χ4n) is 1.76. The molecule has 0 heterocycles. The summed E-state index contributed by atoms with van der Waals surface area (Å²) in [4.78, 5) is 10.7. The normalized spacial score (nSPS) is 10.2. The number of nitrogens with one attached hydrogen (secondary N) is 1. The van der Waals surface area contributed by atoms with E-state index in [2.05, 4.69) is 16.6 Å². The maximum atomic E-state index is 10.7. The highest BCUT2D eigenvalue weighted by Gasteiger charge is 2.01. The summed E-state index contributed by atoms with van der Waals surface area (Å²) in [5.41, 5.74) is 4.64. The Hall–Kier alpha value is -3.13. The van der Waals surface area contributed by atoms with Gasteiger partial charge in [0, 0.05) is 12.5 Å². The minimum absolute atomic E-state index is 0.215. The van der Waals surface area contributed by atoms with Gasteiger partial charge >= 0.3 is 0 Å². The summed E-state index contributed by atoms with van der Waals surface area (Å²) in [6.45, 7) is 1.73. The SMILES string of the molecule is CC(=O)N/N=C\c1ccc(OCc2ccccc2C#N)cc1. The molecule has 0 radical (unpaired) electrons. The van der Waals surface area contributed by atoms with Crippen LogP contribution >= 0.6 is 0 Å². The molecule has 22 heavy (non-hydrogen) atoms. The highest BCUT2D eigenvalue weighted by Crippen LogP contribution is 2.15. The van der Waals surface area contributed by atoms with E-state index in [0.29, 0.717) is 17.9 Å². The number of hydrazone groups is 1. The van der Waals surface area contributed by atoms with Gasteiger partial charge in [0.05, 0.1) is 17.8 Å². The van der Waals surface area contributed by atoms with E-state index in [1.807, 2.05) is 42.5 Å². The molecule has 0 spiro atoms. The molecule has 5 nitrogen and oxygen atoms in total. The molecule has 0 aliphatic carbocycles. The molecule has 0 bridgehead atoms. The van der Waals surface area contributed by atoms with Crippen LogP contribution in [-0.4, -0.2) is 12.1 Å². The molecule has 0 aromatic heterocycles. The van der Waals surface area contributed by atoms with E-state index in [9.17, 15) is 4.79 Å². The van der Waals surface area contributed by atoms with Crippen molar-refractivity contribution >= 4 is 12.1 Å². The highest BCUT2D eigenvalue weighted by atomic mass is 16.5. The lowest BCUT2D eigenvalue weighted by atomic mass is 10.1. The molecule has 1 N–H and O–H groups in total. The van der Waals surface area contributed by atoms with Crippen LogP contribution in [0.25, 0.3) is 0 Å². The standard InChI is InChI=1S/C17H15N3O2/c1-13(21)20-19-11-14-6-8-17(9-7-14)22-12-16-5-3-2-4-15(16)10-18/h2-9,11H,12H2,1H3,(H,20,21)/b19-11-. The number of hydrogen-bond acceptors (Lipinski definition) is 4. The van der Waals surface area contributed by atoms with Gasteiger partial charge in [0.2, 0.25) is 5.91 Å². The number of amides is 1. The zero-order chi connectivity index (χ0) is 15.8. The van der Waals surface area contributed by atoms with Crippen molar-refractivity contribution in [3.8, 4) is 11.8 Å². The Morgan fingerprint density at radius 3 is 2.68 bits per heavy atom. The zero-order valence-corrected chi connectivity index (χ0v) is 12.1. The first-order valence-electron chi connectivity index (χ1n) is 6.69. The molecule has 1 amide bonds. The van der Waals surface area contributed by atoms with Gasteiger partial charge in [0.1, 0.15) is 12.4 Å². The van der Waals surface area contributed by atoms with Crippen LogP contribution in [0, 0.1) is 11.3 Å². The van der Waals surface area contributed by atoms with E-state index in [1.165, 1.54) is 6.92 Å². The second kappa shape index (κ2) is 7.60. The van der Waals surface area contributed by atoms with Crippen LogP contribution in [0.2, 0.25) is 0 Å². The van der Waals surface area contributed by atoms with Crippen LogP contribution < -0.4 is 10.2 Å². The zero-order valence-electron chi connectivity index (χ0n) is 12.1. The number of carbonyl (C=O) groups excluding carboxylic acids is 1. The predicted molar refractivity (Wildman–Crippen MR) is 83.3 cm³/mol. The third-order valence-corrected chi connectivity index (χ3v) is 2.85. The van der Waals surface area contributed by atoms with Crippen molar-refractivity contribution in [3.05, 3.63) is 65.2 Å². The Bertz CT molecular complexity index is 715. The fraction of sp³-hybridized carbons (Fsp3) is 0.118. The van der Waals surface area contributed by atoms with E-state index in [0.717, 1.165) is 11.1 Å². The van der Waals surface area contributed by atoms with Crippen molar-refractivity contribution in [2.75, 3.05) is 0 Å². The number of carbonyl (C=O) groups is 1.